The first-order chi connectivity index (χ1) is 17.9. The lowest BCUT2D eigenvalue weighted by atomic mass is 10.1. The Morgan fingerprint density at radius 2 is 1.86 bits per heavy atom. The highest BCUT2D eigenvalue weighted by Crippen LogP contribution is 2.34. The summed E-state index contributed by atoms with van der Waals surface area (Å²) in [5.41, 5.74) is 1.59. The van der Waals surface area contributed by atoms with E-state index in [9.17, 15) is 14.4 Å². The molecule has 0 unspecified atom stereocenters. The van der Waals surface area contributed by atoms with E-state index >= 15 is 0 Å². The largest absolute Gasteiger partial charge is 0.493 e. The van der Waals surface area contributed by atoms with Crippen molar-refractivity contribution in [2.75, 3.05) is 21.0 Å². The Balaban J connectivity index is 1.27. The summed E-state index contributed by atoms with van der Waals surface area (Å²) in [5.74, 6) is 1.37. The molecule has 1 N–H and O–H groups in total. The number of fused-ring (bicyclic) bond motifs is 1. The molecule has 11 nitrogen and oxygen atoms in total. The van der Waals surface area contributed by atoms with Crippen LogP contribution in [0.25, 0.3) is 6.08 Å². The summed E-state index contributed by atoms with van der Waals surface area (Å²) in [6.45, 7) is 0.334. The van der Waals surface area contributed by atoms with Crippen LogP contribution < -0.4 is 24.3 Å². The van der Waals surface area contributed by atoms with E-state index in [-0.39, 0.29) is 37.2 Å². The molecule has 1 saturated heterocycles. The Morgan fingerprint density at radius 3 is 2.68 bits per heavy atom. The van der Waals surface area contributed by atoms with Gasteiger partial charge in [0.1, 0.15) is 18.1 Å². The Kier molecular flexibility index (Phi) is 6.42. The van der Waals surface area contributed by atoms with Crippen LogP contribution in [0.2, 0.25) is 0 Å². The van der Waals surface area contributed by atoms with Crippen LogP contribution in [0.4, 0.5) is 4.79 Å². The Labute approximate surface area is 211 Å². The van der Waals surface area contributed by atoms with Crippen molar-refractivity contribution in [3.8, 4) is 23.0 Å². The number of nitrogens with zero attached hydrogens (tertiary/aromatic N) is 1. The molecule has 2 aliphatic rings. The van der Waals surface area contributed by atoms with E-state index < -0.39 is 17.9 Å². The van der Waals surface area contributed by atoms with Crippen LogP contribution in [-0.4, -0.2) is 43.8 Å². The molecule has 1 aromatic heterocycles. The van der Waals surface area contributed by atoms with Gasteiger partial charge in [-0.25, -0.2) is 9.59 Å². The Morgan fingerprint density at radius 1 is 1.03 bits per heavy atom. The average Bonchev–Trinajstić information content (AvgIpc) is 3.64. The molecular formula is C26H22N2O9. The topological polar surface area (TPSA) is 126 Å². The fraction of sp³-hybridized carbons (Fsp3) is 0.192. The second kappa shape index (κ2) is 9.97. The molecule has 0 atom stereocenters. The summed E-state index contributed by atoms with van der Waals surface area (Å²) in [4.78, 5) is 37.8. The van der Waals surface area contributed by atoms with Crippen LogP contribution in [-0.2, 0) is 22.7 Å². The lowest BCUT2D eigenvalue weighted by Gasteiger charge is -2.12. The Bertz CT molecular complexity index is 1410. The first-order valence-electron chi connectivity index (χ1n) is 11.2. The van der Waals surface area contributed by atoms with Crippen molar-refractivity contribution >= 4 is 24.0 Å². The fourth-order valence-electron chi connectivity index (χ4n) is 3.80. The minimum absolute atomic E-state index is 0.0201. The van der Waals surface area contributed by atoms with Gasteiger partial charge in [0.15, 0.2) is 23.0 Å². The van der Waals surface area contributed by atoms with Crippen molar-refractivity contribution in [1.82, 2.24) is 10.2 Å². The number of esters is 1. The molecule has 37 heavy (non-hydrogen) atoms. The van der Waals surface area contributed by atoms with E-state index in [1.165, 1.54) is 32.4 Å². The van der Waals surface area contributed by atoms with Crippen molar-refractivity contribution < 1.29 is 42.5 Å². The number of amides is 3. The number of imide groups is 1. The number of nitrogens with one attached hydrogen (secondary N) is 1. The van der Waals surface area contributed by atoms with Crippen molar-refractivity contribution in [3.05, 3.63) is 76.9 Å². The lowest BCUT2D eigenvalue weighted by molar-refractivity contribution is -0.123. The number of ether oxygens (including phenoxy) is 5. The molecule has 0 radical (unpaired) electrons. The van der Waals surface area contributed by atoms with Crippen LogP contribution in [0.5, 0.6) is 23.0 Å². The fourth-order valence-corrected chi connectivity index (χ4v) is 3.80. The van der Waals surface area contributed by atoms with Gasteiger partial charge in [-0.2, -0.15) is 0 Å². The molecule has 0 aliphatic carbocycles. The number of carbonyl (C=O) groups excluding carboxylic acids is 3. The van der Waals surface area contributed by atoms with Crippen LogP contribution in [0, 0.1) is 0 Å². The van der Waals surface area contributed by atoms with Gasteiger partial charge in [0.2, 0.25) is 12.6 Å². The second-order valence-corrected chi connectivity index (χ2v) is 8.02. The van der Waals surface area contributed by atoms with Gasteiger partial charge in [0, 0.05) is 0 Å². The summed E-state index contributed by atoms with van der Waals surface area (Å²) < 4.78 is 32.0. The van der Waals surface area contributed by atoms with E-state index in [1.807, 2.05) is 18.2 Å². The van der Waals surface area contributed by atoms with Crippen LogP contribution in [0.1, 0.15) is 27.4 Å². The average molecular weight is 506 g/mol. The molecule has 2 aromatic carbocycles. The van der Waals surface area contributed by atoms with Gasteiger partial charge in [-0.1, -0.05) is 12.1 Å². The highest BCUT2D eigenvalue weighted by Gasteiger charge is 2.34. The molecule has 2 aliphatic heterocycles. The second-order valence-electron chi connectivity index (χ2n) is 8.02. The molecule has 0 bridgehead atoms. The van der Waals surface area contributed by atoms with Crippen molar-refractivity contribution in [3.63, 3.8) is 0 Å². The maximum Gasteiger partial charge on any atom is 0.373 e. The van der Waals surface area contributed by atoms with Gasteiger partial charge in [-0.05, 0) is 53.6 Å². The maximum atomic E-state index is 12.8. The number of benzene rings is 2. The number of hydrogen-bond acceptors (Lipinski definition) is 9. The molecule has 0 spiro atoms. The molecule has 3 amide bonds. The summed E-state index contributed by atoms with van der Waals surface area (Å²) in [7, 11) is 2.74. The van der Waals surface area contributed by atoms with E-state index in [4.69, 9.17) is 23.4 Å². The zero-order valence-corrected chi connectivity index (χ0v) is 19.9. The van der Waals surface area contributed by atoms with Gasteiger partial charge in [0.25, 0.3) is 5.91 Å². The minimum Gasteiger partial charge on any atom is -0.493 e. The smallest absolute Gasteiger partial charge is 0.373 e. The zero-order chi connectivity index (χ0) is 25.9. The standard InChI is InChI=1S/C26H22N2O9/c1-32-22-10-15(3-6-19(22)34-13-16-4-7-20-23(11-16)36-14-35-20)9-18-24(29)28(26(31)27-18)12-17-5-8-21(37-17)25(30)33-2/h3-11H,12-14H2,1-2H3,(H,27,31)/b18-9-. The molecule has 11 heteroatoms. The van der Waals surface area contributed by atoms with Gasteiger partial charge in [-0.3, -0.25) is 9.69 Å². The third kappa shape index (κ3) is 4.92. The molecular weight excluding hydrogens is 484 g/mol. The number of methoxy groups -OCH3 is 2. The van der Waals surface area contributed by atoms with Gasteiger partial charge in [-0.15, -0.1) is 0 Å². The van der Waals surface area contributed by atoms with E-state index in [0.717, 1.165) is 10.5 Å². The zero-order valence-electron chi connectivity index (χ0n) is 19.9. The van der Waals surface area contributed by atoms with Crippen molar-refractivity contribution in [1.29, 1.82) is 0 Å². The number of hydrogen-bond donors (Lipinski definition) is 1. The molecule has 5 rings (SSSR count). The van der Waals surface area contributed by atoms with Gasteiger partial charge in [0.05, 0.1) is 20.8 Å². The first-order valence-corrected chi connectivity index (χ1v) is 11.2. The molecule has 190 valence electrons. The minimum atomic E-state index is -0.652. The number of carbonyl (C=O) groups is 3. The summed E-state index contributed by atoms with van der Waals surface area (Å²) >= 11 is 0. The van der Waals surface area contributed by atoms with Gasteiger partial charge < -0.3 is 33.4 Å². The molecule has 1 fully saturated rings. The number of rotatable bonds is 8. The van der Waals surface area contributed by atoms with Crippen LogP contribution >= 0.6 is 0 Å². The molecule has 0 saturated carbocycles. The van der Waals surface area contributed by atoms with E-state index in [2.05, 4.69) is 10.1 Å². The number of furan rings is 1. The van der Waals surface area contributed by atoms with Gasteiger partial charge >= 0.3 is 12.0 Å². The number of urea groups is 1. The lowest BCUT2D eigenvalue weighted by Crippen LogP contribution is -2.30. The van der Waals surface area contributed by atoms with E-state index in [0.29, 0.717) is 28.6 Å². The highest BCUT2D eigenvalue weighted by atomic mass is 16.7. The predicted molar refractivity (Wildman–Crippen MR) is 127 cm³/mol. The highest BCUT2D eigenvalue weighted by molar-refractivity contribution is 6.13. The summed E-state index contributed by atoms with van der Waals surface area (Å²) in [5, 5.41) is 2.55. The Hall–Kier alpha value is -4.93. The monoisotopic (exact) mass is 506 g/mol. The summed E-state index contributed by atoms with van der Waals surface area (Å²) in [6.07, 6.45) is 1.53. The third-order valence-corrected chi connectivity index (χ3v) is 5.65. The van der Waals surface area contributed by atoms with Crippen molar-refractivity contribution in [2.24, 2.45) is 0 Å². The summed E-state index contributed by atoms with van der Waals surface area (Å²) in [6, 6.07) is 13.0. The third-order valence-electron chi connectivity index (χ3n) is 5.65. The quantitative estimate of drug-likeness (QED) is 0.278. The molecule has 3 aromatic rings. The van der Waals surface area contributed by atoms with Crippen molar-refractivity contribution in [2.45, 2.75) is 13.2 Å². The first kappa shape index (κ1) is 23.8. The normalized spacial score (nSPS) is 15.2. The SMILES string of the molecule is COC(=O)c1ccc(CN2C(=O)N/C(=C\c3ccc(OCc4ccc5c(c4)OCO5)c(OC)c3)C2=O)o1. The van der Waals surface area contributed by atoms with Crippen LogP contribution in [0.15, 0.2) is 58.6 Å². The van der Waals surface area contributed by atoms with Crippen LogP contribution in [0.3, 0.4) is 0 Å². The maximum absolute atomic E-state index is 12.8. The predicted octanol–water partition coefficient (Wildman–Crippen LogP) is 3.48. The van der Waals surface area contributed by atoms with E-state index in [1.54, 1.807) is 18.2 Å². The molecule has 3 heterocycles.